The number of nitrogens with one attached hydrogen (secondary N) is 1. The van der Waals surface area contributed by atoms with Crippen LogP contribution in [0, 0.1) is 5.92 Å². The van der Waals surface area contributed by atoms with Crippen molar-refractivity contribution >= 4 is 12.1 Å². The van der Waals surface area contributed by atoms with Crippen molar-refractivity contribution in [3.05, 3.63) is 0 Å². The summed E-state index contributed by atoms with van der Waals surface area (Å²) in [5.74, 6) is 0.114. The zero-order valence-corrected chi connectivity index (χ0v) is 8.08. The van der Waals surface area contributed by atoms with Gasteiger partial charge < -0.3 is 5.32 Å². The molecule has 0 spiro atoms. The lowest BCUT2D eigenvalue weighted by Crippen LogP contribution is -2.37. The Morgan fingerprint density at radius 2 is 2.15 bits per heavy atom. The lowest BCUT2D eigenvalue weighted by molar-refractivity contribution is -0.130. The Balaban J connectivity index is 2.44. The van der Waals surface area contributed by atoms with E-state index in [1.807, 2.05) is 7.05 Å². The number of carbonyl (C=O) groups excluding carboxylic acids is 2. The van der Waals surface area contributed by atoms with Gasteiger partial charge in [-0.2, -0.15) is 0 Å². The molecule has 13 heavy (non-hydrogen) atoms. The van der Waals surface area contributed by atoms with E-state index < -0.39 is 0 Å². The topological polar surface area (TPSA) is 46.2 Å². The van der Waals surface area contributed by atoms with E-state index in [4.69, 9.17) is 0 Å². The molecule has 1 saturated carbocycles. The van der Waals surface area contributed by atoms with Crippen LogP contribution in [0.25, 0.3) is 0 Å². The second kappa shape index (κ2) is 5.12. The molecule has 1 rings (SSSR count). The summed E-state index contributed by atoms with van der Waals surface area (Å²) in [4.78, 5) is 21.1. The van der Waals surface area contributed by atoms with Gasteiger partial charge in [0.1, 0.15) is 0 Å². The third kappa shape index (κ3) is 2.92. The summed E-state index contributed by atoms with van der Waals surface area (Å²) in [7, 11) is 1.92. The lowest BCUT2D eigenvalue weighted by Gasteiger charge is -2.30. The van der Waals surface area contributed by atoms with Gasteiger partial charge in [0.25, 0.3) is 0 Å². The number of Topliss-reactive ketones (excluding diaryl/α,β-unsaturated/α-hetero) is 1. The maximum atomic E-state index is 10.9. The van der Waals surface area contributed by atoms with Gasteiger partial charge in [0, 0.05) is 12.5 Å². The van der Waals surface area contributed by atoms with Crippen molar-refractivity contribution in [2.75, 3.05) is 7.05 Å². The number of ketones is 1. The Hall–Kier alpha value is -0.700. The maximum absolute atomic E-state index is 10.9. The molecule has 2 atom stereocenters. The predicted octanol–water partition coefficient (Wildman–Crippen LogP) is 0.923. The zero-order valence-electron chi connectivity index (χ0n) is 8.08. The van der Waals surface area contributed by atoms with E-state index in [0.29, 0.717) is 24.7 Å². The third-order valence-corrected chi connectivity index (χ3v) is 2.87. The minimum Gasteiger partial charge on any atom is -0.317 e. The van der Waals surface area contributed by atoms with Crippen molar-refractivity contribution in [1.29, 1.82) is 0 Å². The number of hydrogen-bond donors (Lipinski definition) is 1. The first kappa shape index (κ1) is 10.4. The first-order valence-electron chi connectivity index (χ1n) is 4.93. The van der Waals surface area contributed by atoms with E-state index in [9.17, 15) is 9.59 Å². The number of aldehydes is 1. The van der Waals surface area contributed by atoms with Crippen molar-refractivity contribution in [3.8, 4) is 0 Å². The maximum Gasteiger partial charge on any atom is 0.195 e. The zero-order chi connectivity index (χ0) is 9.68. The summed E-state index contributed by atoms with van der Waals surface area (Å²) in [5, 5.41) is 3.22. The van der Waals surface area contributed by atoms with E-state index in [-0.39, 0.29) is 5.78 Å². The van der Waals surface area contributed by atoms with Gasteiger partial charge in [-0.25, -0.2) is 0 Å². The number of carbonyl (C=O) groups is 2. The first-order valence-corrected chi connectivity index (χ1v) is 4.93. The molecule has 0 aliphatic heterocycles. The molecule has 0 radical (unpaired) electrons. The molecule has 3 heteroatoms. The summed E-state index contributed by atoms with van der Waals surface area (Å²) in [6.07, 6.45) is 5.50. The Kier molecular flexibility index (Phi) is 4.09. The molecule has 0 amide bonds. The van der Waals surface area contributed by atoms with E-state index in [0.717, 1.165) is 12.8 Å². The van der Waals surface area contributed by atoms with Crippen LogP contribution in [-0.4, -0.2) is 25.2 Å². The molecule has 0 aromatic rings. The van der Waals surface area contributed by atoms with Crippen LogP contribution in [0.3, 0.4) is 0 Å². The Morgan fingerprint density at radius 3 is 2.77 bits per heavy atom. The van der Waals surface area contributed by atoms with E-state index >= 15 is 0 Å². The fourth-order valence-electron chi connectivity index (χ4n) is 2.14. The van der Waals surface area contributed by atoms with Gasteiger partial charge in [-0.15, -0.1) is 0 Å². The van der Waals surface area contributed by atoms with Crippen LogP contribution in [0.5, 0.6) is 0 Å². The van der Waals surface area contributed by atoms with Crippen molar-refractivity contribution in [2.24, 2.45) is 5.92 Å². The molecule has 1 fully saturated rings. The molecule has 1 aliphatic rings. The number of rotatable bonds is 4. The average molecular weight is 183 g/mol. The van der Waals surface area contributed by atoms with Crippen molar-refractivity contribution in [2.45, 2.75) is 38.1 Å². The van der Waals surface area contributed by atoms with Gasteiger partial charge >= 0.3 is 0 Å². The van der Waals surface area contributed by atoms with Crippen LogP contribution in [0.15, 0.2) is 0 Å². The van der Waals surface area contributed by atoms with Gasteiger partial charge in [-0.3, -0.25) is 9.59 Å². The van der Waals surface area contributed by atoms with Crippen molar-refractivity contribution < 1.29 is 9.59 Å². The average Bonchev–Trinajstić information content (AvgIpc) is 2.18. The molecule has 3 nitrogen and oxygen atoms in total. The molecule has 74 valence electrons. The summed E-state index contributed by atoms with van der Waals surface area (Å²) in [5.41, 5.74) is 0. The molecule has 1 aliphatic carbocycles. The second-order valence-electron chi connectivity index (χ2n) is 3.73. The fraction of sp³-hybridized carbons (Fsp3) is 0.800. The van der Waals surface area contributed by atoms with Gasteiger partial charge in [0.2, 0.25) is 0 Å². The molecule has 1 N–H and O–H groups in total. The summed E-state index contributed by atoms with van der Waals surface area (Å²) in [6.45, 7) is 0. The molecule has 2 unspecified atom stereocenters. The minimum absolute atomic E-state index is 0.257. The lowest BCUT2D eigenvalue weighted by atomic mass is 9.81. The molecule has 0 bridgehead atoms. The van der Waals surface area contributed by atoms with Crippen molar-refractivity contribution in [1.82, 2.24) is 5.32 Å². The second-order valence-corrected chi connectivity index (χ2v) is 3.73. The van der Waals surface area contributed by atoms with E-state index in [2.05, 4.69) is 5.32 Å². The van der Waals surface area contributed by atoms with Crippen LogP contribution < -0.4 is 5.32 Å². The van der Waals surface area contributed by atoms with Crippen molar-refractivity contribution in [3.63, 3.8) is 0 Å². The molecular formula is C10H17NO2. The van der Waals surface area contributed by atoms with Gasteiger partial charge in [-0.05, 0) is 25.8 Å². The van der Waals surface area contributed by atoms with E-state index in [1.165, 1.54) is 12.8 Å². The SMILES string of the molecule is CNC1CCCCC1CC(=O)C=O. The van der Waals surface area contributed by atoms with E-state index in [1.54, 1.807) is 0 Å². The number of hydrogen-bond acceptors (Lipinski definition) is 3. The Bertz CT molecular complexity index is 191. The summed E-state index contributed by atoms with van der Waals surface area (Å²) < 4.78 is 0. The fourth-order valence-corrected chi connectivity index (χ4v) is 2.14. The summed E-state index contributed by atoms with van der Waals surface area (Å²) in [6, 6.07) is 0.428. The van der Waals surface area contributed by atoms with Gasteiger partial charge in [0.15, 0.2) is 12.1 Å². The van der Waals surface area contributed by atoms with Gasteiger partial charge in [0.05, 0.1) is 0 Å². The molecule has 0 aromatic heterocycles. The van der Waals surface area contributed by atoms with Crippen LogP contribution in [0.2, 0.25) is 0 Å². The first-order chi connectivity index (χ1) is 6.27. The molecule has 0 saturated heterocycles. The van der Waals surface area contributed by atoms with Crippen LogP contribution in [0.4, 0.5) is 0 Å². The normalized spacial score (nSPS) is 28.4. The highest BCUT2D eigenvalue weighted by Gasteiger charge is 2.25. The molecule has 0 aromatic carbocycles. The highest BCUT2D eigenvalue weighted by Crippen LogP contribution is 2.26. The quantitative estimate of drug-likeness (QED) is 0.521. The Labute approximate surface area is 78.9 Å². The Morgan fingerprint density at radius 1 is 1.46 bits per heavy atom. The molecule has 0 heterocycles. The van der Waals surface area contributed by atoms with Gasteiger partial charge in [-0.1, -0.05) is 12.8 Å². The minimum atomic E-state index is -0.257. The van der Waals surface area contributed by atoms with Crippen LogP contribution in [-0.2, 0) is 9.59 Å². The molecular weight excluding hydrogens is 166 g/mol. The highest BCUT2D eigenvalue weighted by molar-refractivity contribution is 6.24. The smallest absolute Gasteiger partial charge is 0.195 e. The van der Waals surface area contributed by atoms with Crippen LogP contribution >= 0.6 is 0 Å². The third-order valence-electron chi connectivity index (χ3n) is 2.87. The predicted molar refractivity (Wildman–Crippen MR) is 50.5 cm³/mol. The highest BCUT2D eigenvalue weighted by atomic mass is 16.2. The largest absolute Gasteiger partial charge is 0.317 e. The summed E-state index contributed by atoms with van der Waals surface area (Å²) >= 11 is 0. The van der Waals surface area contributed by atoms with Crippen LogP contribution in [0.1, 0.15) is 32.1 Å². The standard InChI is InChI=1S/C10H17NO2/c1-11-10-5-3-2-4-8(10)6-9(13)7-12/h7-8,10-11H,2-6H2,1H3. The monoisotopic (exact) mass is 183 g/mol.